The van der Waals surface area contributed by atoms with Gasteiger partial charge >= 0.3 is 0 Å². The zero-order valence-electron chi connectivity index (χ0n) is 7.97. The maximum absolute atomic E-state index is 11.6. The highest BCUT2D eigenvalue weighted by Crippen LogP contribution is 2.11. The van der Waals surface area contributed by atoms with Crippen molar-refractivity contribution < 1.29 is 18.4 Å². The van der Waals surface area contributed by atoms with E-state index in [1.165, 1.54) is 17.6 Å². The summed E-state index contributed by atoms with van der Waals surface area (Å²) in [6, 6.07) is 6.14. The van der Waals surface area contributed by atoms with Gasteiger partial charge < -0.3 is 0 Å². The van der Waals surface area contributed by atoms with Gasteiger partial charge in [-0.3, -0.25) is 10.0 Å². The van der Waals surface area contributed by atoms with Gasteiger partial charge in [-0.05, 0) is 46.9 Å². The lowest BCUT2D eigenvalue weighted by atomic mass is 10.4. The average Bonchev–Trinajstić information content (AvgIpc) is 2.26. The molecule has 88 valence electrons. The highest BCUT2D eigenvalue weighted by Gasteiger charge is 2.14. The molecular weight excluding hydrogens is 347 g/mol. The number of amides is 1. The van der Waals surface area contributed by atoms with E-state index in [0.717, 1.165) is 3.57 Å². The average molecular weight is 356 g/mol. The fourth-order valence-corrected chi connectivity index (χ4v) is 2.24. The van der Waals surface area contributed by atoms with Crippen molar-refractivity contribution >= 4 is 38.5 Å². The molecule has 16 heavy (non-hydrogen) atoms. The van der Waals surface area contributed by atoms with E-state index in [1.54, 1.807) is 12.1 Å². The first kappa shape index (κ1) is 13.4. The summed E-state index contributed by atoms with van der Waals surface area (Å²) in [5.41, 5.74) is 1.33. The van der Waals surface area contributed by atoms with Crippen LogP contribution in [0.15, 0.2) is 29.2 Å². The summed E-state index contributed by atoms with van der Waals surface area (Å²) in [7, 11) is -3.71. The highest BCUT2D eigenvalue weighted by atomic mass is 127. The van der Waals surface area contributed by atoms with Crippen LogP contribution in [0.5, 0.6) is 0 Å². The minimum Gasteiger partial charge on any atom is -0.289 e. The van der Waals surface area contributed by atoms with E-state index in [4.69, 9.17) is 5.21 Å². The van der Waals surface area contributed by atoms with Crippen molar-refractivity contribution in [2.45, 2.75) is 4.90 Å². The van der Waals surface area contributed by atoms with Gasteiger partial charge in [-0.1, -0.05) is 0 Å². The number of rotatable bonds is 4. The predicted molar refractivity (Wildman–Crippen MR) is 64.3 cm³/mol. The number of hydrogen-bond donors (Lipinski definition) is 3. The predicted octanol–water partition coefficient (Wildman–Crippen LogP) is 0.0749. The molecule has 0 aliphatic carbocycles. The van der Waals surface area contributed by atoms with Gasteiger partial charge in [0.15, 0.2) is 0 Å². The first-order valence-electron chi connectivity index (χ1n) is 4.14. The number of hydrogen-bond acceptors (Lipinski definition) is 4. The van der Waals surface area contributed by atoms with Gasteiger partial charge in [0.1, 0.15) is 0 Å². The lowest BCUT2D eigenvalue weighted by Crippen LogP contribution is -2.35. The van der Waals surface area contributed by atoms with E-state index in [2.05, 4.69) is 22.6 Å². The van der Waals surface area contributed by atoms with Crippen molar-refractivity contribution in [1.29, 1.82) is 0 Å². The number of carbonyl (C=O) groups is 1. The molecule has 0 spiro atoms. The van der Waals surface area contributed by atoms with Gasteiger partial charge in [0.05, 0.1) is 11.4 Å². The van der Waals surface area contributed by atoms with E-state index in [-0.39, 0.29) is 4.90 Å². The quantitative estimate of drug-likeness (QED) is 0.404. The van der Waals surface area contributed by atoms with Crippen LogP contribution in [0, 0.1) is 3.57 Å². The van der Waals surface area contributed by atoms with Crippen LogP contribution >= 0.6 is 22.6 Å². The van der Waals surface area contributed by atoms with E-state index in [0.29, 0.717) is 0 Å². The molecule has 0 fully saturated rings. The first-order chi connectivity index (χ1) is 7.45. The number of sulfonamides is 1. The Morgan fingerprint density at radius 1 is 1.31 bits per heavy atom. The van der Waals surface area contributed by atoms with Gasteiger partial charge in [0.25, 0.3) is 5.91 Å². The van der Waals surface area contributed by atoms with Gasteiger partial charge in [-0.2, -0.15) is 0 Å². The number of nitrogens with one attached hydrogen (secondary N) is 2. The van der Waals surface area contributed by atoms with E-state index in [1.807, 2.05) is 4.72 Å². The van der Waals surface area contributed by atoms with E-state index < -0.39 is 22.5 Å². The van der Waals surface area contributed by atoms with Gasteiger partial charge in [-0.15, -0.1) is 0 Å². The Bertz CT molecular complexity index is 471. The monoisotopic (exact) mass is 356 g/mol. The number of carbonyl (C=O) groups excluding carboxylic acids is 1. The summed E-state index contributed by atoms with van der Waals surface area (Å²) in [4.78, 5) is 10.7. The minimum atomic E-state index is -3.71. The zero-order valence-corrected chi connectivity index (χ0v) is 10.9. The molecular formula is C8H9IN2O4S. The molecule has 0 heterocycles. The molecule has 0 aliphatic rings. The SMILES string of the molecule is O=C(CNS(=O)(=O)c1ccc(I)cc1)NO. The minimum absolute atomic E-state index is 0.0682. The van der Waals surface area contributed by atoms with Crippen LogP contribution in [-0.4, -0.2) is 26.1 Å². The zero-order chi connectivity index (χ0) is 12.2. The van der Waals surface area contributed by atoms with E-state index >= 15 is 0 Å². The Morgan fingerprint density at radius 2 is 1.88 bits per heavy atom. The first-order valence-corrected chi connectivity index (χ1v) is 6.70. The Balaban J connectivity index is 2.78. The third-order valence-corrected chi connectivity index (χ3v) is 3.81. The molecule has 6 nitrogen and oxygen atoms in total. The van der Waals surface area contributed by atoms with Crippen LogP contribution in [0.4, 0.5) is 0 Å². The second-order valence-electron chi connectivity index (χ2n) is 2.81. The van der Waals surface area contributed by atoms with Crippen LogP contribution in [0.2, 0.25) is 0 Å². The van der Waals surface area contributed by atoms with Crippen LogP contribution in [0.25, 0.3) is 0 Å². The maximum atomic E-state index is 11.6. The molecule has 0 saturated heterocycles. The molecule has 0 atom stereocenters. The molecule has 3 N–H and O–H groups in total. The molecule has 1 rings (SSSR count). The summed E-state index contributed by atoms with van der Waals surface area (Å²) >= 11 is 2.05. The lowest BCUT2D eigenvalue weighted by molar-refractivity contribution is -0.127. The molecule has 1 amide bonds. The van der Waals surface area contributed by atoms with Gasteiger partial charge in [0.2, 0.25) is 10.0 Å². The summed E-state index contributed by atoms with van der Waals surface area (Å²) in [6.45, 7) is -0.509. The fourth-order valence-electron chi connectivity index (χ4n) is 0.897. The molecule has 0 saturated carbocycles. The van der Waals surface area contributed by atoms with Gasteiger partial charge in [-0.25, -0.2) is 18.6 Å². The third kappa shape index (κ3) is 3.70. The molecule has 0 bridgehead atoms. The van der Waals surface area contributed by atoms with Crippen molar-refractivity contribution in [2.24, 2.45) is 0 Å². The Morgan fingerprint density at radius 3 is 2.38 bits per heavy atom. The molecule has 0 unspecified atom stereocenters. The summed E-state index contributed by atoms with van der Waals surface area (Å²) < 4.78 is 26.1. The van der Waals surface area contributed by atoms with Crippen molar-refractivity contribution in [2.75, 3.05) is 6.54 Å². The smallest absolute Gasteiger partial charge is 0.258 e. The van der Waals surface area contributed by atoms with Crippen LogP contribution in [0.3, 0.4) is 0 Å². The molecule has 8 heteroatoms. The largest absolute Gasteiger partial charge is 0.289 e. The van der Waals surface area contributed by atoms with Crippen LogP contribution in [-0.2, 0) is 14.8 Å². The number of benzene rings is 1. The maximum Gasteiger partial charge on any atom is 0.258 e. The van der Waals surface area contributed by atoms with Gasteiger partial charge in [0, 0.05) is 3.57 Å². The second-order valence-corrected chi connectivity index (χ2v) is 5.83. The van der Waals surface area contributed by atoms with E-state index in [9.17, 15) is 13.2 Å². The van der Waals surface area contributed by atoms with Crippen molar-refractivity contribution in [3.63, 3.8) is 0 Å². The number of halogens is 1. The summed E-state index contributed by atoms with van der Waals surface area (Å²) in [6.07, 6.45) is 0. The van der Waals surface area contributed by atoms with Crippen LogP contribution < -0.4 is 10.2 Å². The highest BCUT2D eigenvalue weighted by molar-refractivity contribution is 14.1. The lowest BCUT2D eigenvalue weighted by Gasteiger charge is -2.05. The Hall–Kier alpha value is -0.710. The van der Waals surface area contributed by atoms with Crippen molar-refractivity contribution in [3.05, 3.63) is 27.8 Å². The standard InChI is InChI=1S/C8H9IN2O4S/c9-6-1-3-7(4-2-6)16(14,15)10-5-8(12)11-13/h1-4,10,13H,5H2,(H,11,12). The summed E-state index contributed by atoms with van der Waals surface area (Å²) in [5.74, 6) is -0.825. The molecule has 0 radical (unpaired) electrons. The Kier molecular flexibility index (Phi) is 4.65. The molecule has 0 aliphatic heterocycles. The Labute approximate surface area is 106 Å². The topological polar surface area (TPSA) is 95.5 Å². The van der Waals surface area contributed by atoms with Crippen molar-refractivity contribution in [3.8, 4) is 0 Å². The second kappa shape index (κ2) is 5.57. The molecule has 1 aromatic carbocycles. The van der Waals surface area contributed by atoms with Crippen LogP contribution in [0.1, 0.15) is 0 Å². The molecule has 0 aromatic heterocycles. The third-order valence-electron chi connectivity index (χ3n) is 1.67. The number of hydroxylamine groups is 1. The normalized spacial score (nSPS) is 11.1. The summed E-state index contributed by atoms with van der Waals surface area (Å²) in [5, 5.41) is 8.20. The van der Waals surface area contributed by atoms with Crippen molar-refractivity contribution in [1.82, 2.24) is 10.2 Å². The fraction of sp³-hybridized carbons (Fsp3) is 0.125. The molecule has 1 aromatic rings.